The first-order valence-electron chi connectivity index (χ1n) is 6.62. The molecular weight excluding hydrogens is 272 g/mol. The molecule has 7 nitrogen and oxygen atoms in total. The molecule has 21 heavy (non-hydrogen) atoms. The SMILES string of the molecule is COC(=O)CCc1c(C)nn(-c2nc(C)cc(=O)[nH]2)c1C. The van der Waals surface area contributed by atoms with E-state index in [2.05, 4.69) is 19.8 Å². The topological polar surface area (TPSA) is 89.9 Å². The molecule has 0 bridgehead atoms. The van der Waals surface area contributed by atoms with Crippen molar-refractivity contribution >= 4 is 5.97 Å². The van der Waals surface area contributed by atoms with Gasteiger partial charge in [-0.2, -0.15) is 5.10 Å². The van der Waals surface area contributed by atoms with Crippen molar-refractivity contribution in [3.8, 4) is 5.95 Å². The van der Waals surface area contributed by atoms with Gasteiger partial charge in [-0.3, -0.25) is 14.6 Å². The van der Waals surface area contributed by atoms with Crippen LogP contribution in [0.3, 0.4) is 0 Å². The minimum Gasteiger partial charge on any atom is -0.469 e. The van der Waals surface area contributed by atoms with Crippen molar-refractivity contribution in [1.82, 2.24) is 19.7 Å². The van der Waals surface area contributed by atoms with Crippen molar-refractivity contribution in [1.29, 1.82) is 0 Å². The molecule has 2 heterocycles. The molecule has 112 valence electrons. The molecule has 0 aliphatic carbocycles. The number of aromatic amines is 1. The molecule has 0 aromatic carbocycles. The van der Waals surface area contributed by atoms with E-state index in [1.807, 2.05) is 13.8 Å². The molecule has 0 atom stereocenters. The number of aryl methyl sites for hydroxylation is 2. The monoisotopic (exact) mass is 290 g/mol. The first kappa shape index (κ1) is 15.0. The third-order valence-corrected chi connectivity index (χ3v) is 3.31. The van der Waals surface area contributed by atoms with Gasteiger partial charge in [-0.05, 0) is 32.8 Å². The Hall–Kier alpha value is -2.44. The van der Waals surface area contributed by atoms with Crippen LogP contribution >= 0.6 is 0 Å². The summed E-state index contributed by atoms with van der Waals surface area (Å²) in [6.07, 6.45) is 0.835. The van der Waals surface area contributed by atoms with Gasteiger partial charge in [0, 0.05) is 23.9 Å². The fourth-order valence-corrected chi connectivity index (χ4v) is 2.24. The second-order valence-electron chi connectivity index (χ2n) is 4.85. The van der Waals surface area contributed by atoms with Crippen molar-refractivity contribution < 1.29 is 9.53 Å². The number of H-pyrrole nitrogens is 1. The molecule has 0 saturated carbocycles. The van der Waals surface area contributed by atoms with Crippen LogP contribution in [0, 0.1) is 20.8 Å². The van der Waals surface area contributed by atoms with Crippen molar-refractivity contribution in [2.45, 2.75) is 33.6 Å². The first-order valence-corrected chi connectivity index (χ1v) is 6.62. The summed E-state index contributed by atoms with van der Waals surface area (Å²) in [4.78, 5) is 29.8. The maximum atomic E-state index is 11.5. The van der Waals surface area contributed by atoms with Crippen molar-refractivity contribution in [2.75, 3.05) is 7.11 Å². The molecule has 0 aliphatic heterocycles. The Morgan fingerprint density at radius 2 is 2.10 bits per heavy atom. The van der Waals surface area contributed by atoms with Gasteiger partial charge in [0.1, 0.15) is 0 Å². The van der Waals surface area contributed by atoms with Gasteiger partial charge in [0.15, 0.2) is 0 Å². The Morgan fingerprint density at radius 1 is 1.38 bits per heavy atom. The van der Waals surface area contributed by atoms with Crippen LogP contribution in [0.2, 0.25) is 0 Å². The number of rotatable bonds is 4. The second-order valence-corrected chi connectivity index (χ2v) is 4.85. The van der Waals surface area contributed by atoms with E-state index in [4.69, 9.17) is 0 Å². The van der Waals surface area contributed by atoms with Crippen molar-refractivity contribution in [3.63, 3.8) is 0 Å². The zero-order valence-electron chi connectivity index (χ0n) is 12.6. The number of carbonyl (C=O) groups excluding carboxylic acids is 1. The van der Waals surface area contributed by atoms with Gasteiger partial charge in [-0.15, -0.1) is 0 Å². The summed E-state index contributed by atoms with van der Waals surface area (Å²) < 4.78 is 6.24. The number of hydrogen-bond acceptors (Lipinski definition) is 5. The smallest absolute Gasteiger partial charge is 0.305 e. The lowest BCUT2D eigenvalue weighted by Gasteiger charge is -2.05. The third-order valence-electron chi connectivity index (χ3n) is 3.31. The van der Waals surface area contributed by atoms with E-state index >= 15 is 0 Å². The highest BCUT2D eigenvalue weighted by Gasteiger charge is 2.15. The molecule has 0 amide bonds. The lowest BCUT2D eigenvalue weighted by molar-refractivity contribution is -0.140. The van der Waals surface area contributed by atoms with Gasteiger partial charge < -0.3 is 4.74 Å². The third kappa shape index (κ3) is 3.18. The number of aromatic nitrogens is 4. The highest BCUT2D eigenvalue weighted by molar-refractivity contribution is 5.69. The summed E-state index contributed by atoms with van der Waals surface area (Å²) in [5.41, 5.74) is 3.02. The fraction of sp³-hybridized carbons (Fsp3) is 0.429. The molecule has 0 unspecified atom stereocenters. The van der Waals surface area contributed by atoms with E-state index in [0.717, 1.165) is 17.0 Å². The number of hydrogen-bond donors (Lipinski definition) is 1. The number of nitrogens with one attached hydrogen (secondary N) is 1. The molecule has 0 saturated heterocycles. The van der Waals surface area contributed by atoms with Crippen molar-refractivity contribution in [3.05, 3.63) is 39.1 Å². The quantitative estimate of drug-likeness (QED) is 0.848. The van der Waals surface area contributed by atoms with Crippen LogP contribution in [0.4, 0.5) is 0 Å². The van der Waals surface area contributed by atoms with Crippen LogP contribution in [-0.4, -0.2) is 32.8 Å². The highest BCUT2D eigenvalue weighted by atomic mass is 16.5. The van der Waals surface area contributed by atoms with Crippen LogP contribution < -0.4 is 5.56 Å². The number of esters is 1. The van der Waals surface area contributed by atoms with Gasteiger partial charge in [-0.25, -0.2) is 9.67 Å². The summed E-state index contributed by atoms with van der Waals surface area (Å²) in [5.74, 6) is 0.119. The molecule has 2 aromatic rings. The zero-order chi connectivity index (χ0) is 15.6. The van der Waals surface area contributed by atoms with Crippen molar-refractivity contribution in [2.24, 2.45) is 0 Å². The normalized spacial score (nSPS) is 10.7. The Bertz CT molecular complexity index is 730. The van der Waals surface area contributed by atoms with Crippen LogP contribution in [0.25, 0.3) is 5.95 Å². The number of methoxy groups -OCH3 is 1. The lowest BCUT2D eigenvalue weighted by Crippen LogP contribution is -2.15. The van der Waals surface area contributed by atoms with Gasteiger partial charge in [0.25, 0.3) is 5.56 Å². The van der Waals surface area contributed by atoms with E-state index in [1.54, 1.807) is 11.6 Å². The van der Waals surface area contributed by atoms with E-state index in [9.17, 15) is 9.59 Å². The fourth-order valence-electron chi connectivity index (χ4n) is 2.24. The average molecular weight is 290 g/mol. The highest BCUT2D eigenvalue weighted by Crippen LogP contribution is 2.17. The Balaban J connectivity index is 2.38. The van der Waals surface area contributed by atoms with Crippen LogP contribution in [-0.2, 0) is 16.0 Å². The number of nitrogens with zero attached hydrogens (tertiary/aromatic N) is 3. The maximum Gasteiger partial charge on any atom is 0.305 e. The summed E-state index contributed by atoms with van der Waals surface area (Å²) in [5, 5.41) is 4.40. The molecule has 1 N–H and O–H groups in total. The Morgan fingerprint density at radius 3 is 2.71 bits per heavy atom. The molecule has 7 heteroatoms. The summed E-state index contributed by atoms with van der Waals surface area (Å²) in [7, 11) is 1.37. The van der Waals surface area contributed by atoms with E-state index in [0.29, 0.717) is 24.5 Å². The minimum absolute atomic E-state index is 0.221. The summed E-state index contributed by atoms with van der Waals surface area (Å²) in [6.45, 7) is 5.50. The van der Waals surface area contributed by atoms with Gasteiger partial charge in [0.05, 0.1) is 12.8 Å². The van der Waals surface area contributed by atoms with E-state index in [-0.39, 0.29) is 11.5 Å². The predicted molar refractivity (Wildman–Crippen MR) is 76.5 cm³/mol. The molecule has 0 spiro atoms. The molecule has 2 aromatic heterocycles. The van der Waals surface area contributed by atoms with Crippen LogP contribution in [0.15, 0.2) is 10.9 Å². The van der Waals surface area contributed by atoms with Crippen LogP contribution in [0.1, 0.15) is 29.1 Å². The predicted octanol–water partition coefficient (Wildman–Crippen LogP) is 0.986. The Labute approximate surface area is 122 Å². The Kier molecular flexibility index (Phi) is 4.21. The number of carbonyl (C=O) groups is 1. The largest absolute Gasteiger partial charge is 0.469 e. The average Bonchev–Trinajstić information content (AvgIpc) is 2.70. The van der Waals surface area contributed by atoms with Gasteiger partial charge in [-0.1, -0.05) is 0 Å². The van der Waals surface area contributed by atoms with E-state index < -0.39 is 0 Å². The van der Waals surface area contributed by atoms with Gasteiger partial charge in [0.2, 0.25) is 5.95 Å². The first-order chi connectivity index (χ1) is 9.92. The minimum atomic E-state index is -0.261. The van der Waals surface area contributed by atoms with E-state index in [1.165, 1.54) is 13.2 Å². The van der Waals surface area contributed by atoms with Gasteiger partial charge >= 0.3 is 5.97 Å². The standard InChI is InChI=1S/C14H18N4O3/c1-8-7-12(19)16-14(15-8)18-10(3)11(9(2)17-18)5-6-13(20)21-4/h7H,5-6H2,1-4H3,(H,15,16,19). The molecular formula is C14H18N4O3. The second kappa shape index (κ2) is 5.90. The zero-order valence-corrected chi connectivity index (χ0v) is 12.6. The number of ether oxygens (including phenoxy) is 1. The summed E-state index contributed by atoms with van der Waals surface area (Å²) >= 11 is 0. The molecule has 0 radical (unpaired) electrons. The van der Waals surface area contributed by atoms with Crippen LogP contribution in [0.5, 0.6) is 0 Å². The lowest BCUT2D eigenvalue weighted by atomic mass is 10.1. The maximum absolute atomic E-state index is 11.5. The summed E-state index contributed by atoms with van der Waals surface area (Å²) in [6, 6.07) is 1.42. The molecule has 0 aliphatic rings. The molecule has 2 rings (SSSR count). The molecule has 0 fully saturated rings.